The first-order chi connectivity index (χ1) is 19.0. The van der Waals surface area contributed by atoms with Crippen molar-refractivity contribution in [1.29, 1.82) is 0 Å². The molecule has 0 saturated heterocycles. The summed E-state index contributed by atoms with van der Waals surface area (Å²) in [5.41, 5.74) is 2.29. The summed E-state index contributed by atoms with van der Waals surface area (Å²) in [5, 5.41) is -0.0856. The summed E-state index contributed by atoms with van der Waals surface area (Å²) in [6.45, 7) is 16.5. The van der Waals surface area contributed by atoms with Crippen molar-refractivity contribution in [3.8, 4) is 0 Å². The lowest BCUT2D eigenvalue weighted by Crippen LogP contribution is -2.46. The third-order valence-corrected chi connectivity index (χ3v) is 12.7. The Morgan fingerprint density at radius 3 is 1.93 bits per heavy atom. The molecule has 1 fully saturated rings. The van der Waals surface area contributed by atoms with Gasteiger partial charge in [0.25, 0.3) is 0 Å². The zero-order valence-electron chi connectivity index (χ0n) is 26.2. The van der Waals surface area contributed by atoms with Crippen molar-refractivity contribution >= 4 is 32.2 Å². The molecule has 232 valence electrons. The molecule has 10 nitrogen and oxygen atoms in total. The van der Waals surface area contributed by atoms with Crippen molar-refractivity contribution in [2.75, 3.05) is 27.9 Å². The maximum atomic E-state index is 13.1. The average Bonchev–Trinajstić information content (AvgIpc) is 3.57. The van der Waals surface area contributed by atoms with Crippen LogP contribution in [-0.2, 0) is 42.6 Å². The number of carbonyl (C=O) groups is 4. The van der Waals surface area contributed by atoms with Crippen LogP contribution in [0.15, 0.2) is 37.0 Å². The summed E-state index contributed by atoms with van der Waals surface area (Å²) in [5.74, 6) is -2.50. The number of methoxy groups -OCH3 is 3. The van der Waals surface area contributed by atoms with Gasteiger partial charge in [0.2, 0.25) is 0 Å². The van der Waals surface area contributed by atoms with Crippen LogP contribution in [0.5, 0.6) is 0 Å². The minimum absolute atomic E-state index is 0.0535. The van der Waals surface area contributed by atoms with Gasteiger partial charge in [0.15, 0.2) is 13.7 Å². The molecule has 1 aliphatic carbocycles. The van der Waals surface area contributed by atoms with Gasteiger partial charge in [-0.3, -0.25) is 19.2 Å². The zero-order valence-corrected chi connectivity index (χ0v) is 27.2. The first-order valence-electron chi connectivity index (χ1n) is 13.8. The van der Waals surface area contributed by atoms with Gasteiger partial charge in [0.05, 0.1) is 33.5 Å². The molecule has 1 aliphatic rings. The van der Waals surface area contributed by atoms with Crippen LogP contribution in [0.2, 0.25) is 18.1 Å². The van der Waals surface area contributed by atoms with Gasteiger partial charge in [-0.1, -0.05) is 51.2 Å². The largest absolute Gasteiger partial charge is 0.468 e. The fourth-order valence-electron chi connectivity index (χ4n) is 4.56. The number of ether oxygens (including phenoxy) is 4. The standard InChI is InChI=1S/C30H49NO9Si/c1-11-30(40-41(9,10)27(3,4)5)21-29(30,26(35)38-8)20-16-15-19-28(24(33)36-6,25(34)37-7)18-14-13-17-22(31)23(32)39-12-2/h11,13-16,22H,1,12,17-21,31H2,2-10H3/b14-13+,16-15+/t22?,29-,30+/m0/s1. The van der Waals surface area contributed by atoms with E-state index in [-0.39, 0.29) is 37.3 Å². The van der Waals surface area contributed by atoms with Gasteiger partial charge in [-0.25, -0.2) is 0 Å². The van der Waals surface area contributed by atoms with E-state index >= 15 is 0 Å². The molecule has 2 N–H and O–H groups in total. The summed E-state index contributed by atoms with van der Waals surface area (Å²) in [6, 6.07) is -0.872. The highest BCUT2D eigenvalue weighted by atomic mass is 28.4. The van der Waals surface area contributed by atoms with Crippen molar-refractivity contribution < 1.29 is 42.6 Å². The van der Waals surface area contributed by atoms with Gasteiger partial charge < -0.3 is 29.1 Å². The Bertz CT molecular complexity index is 1010. The molecule has 0 aromatic heterocycles. The van der Waals surface area contributed by atoms with Crippen LogP contribution in [-0.4, -0.2) is 71.8 Å². The number of nitrogens with two attached hydrogens (primary N) is 1. The Balaban J connectivity index is 3.23. The maximum absolute atomic E-state index is 13.1. The van der Waals surface area contributed by atoms with E-state index in [0.717, 1.165) is 0 Å². The van der Waals surface area contributed by atoms with Crippen LogP contribution >= 0.6 is 0 Å². The summed E-state index contributed by atoms with van der Waals surface area (Å²) in [6.07, 6.45) is 9.02. The molecule has 1 unspecified atom stereocenters. The minimum atomic E-state index is -2.27. The molecule has 0 heterocycles. The van der Waals surface area contributed by atoms with E-state index in [9.17, 15) is 19.2 Å². The van der Waals surface area contributed by atoms with Gasteiger partial charge in [-0.05, 0) is 57.2 Å². The first kappa shape index (κ1) is 36.3. The van der Waals surface area contributed by atoms with Crippen LogP contribution < -0.4 is 5.73 Å². The third kappa shape index (κ3) is 7.95. The Morgan fingerprint density at radius 2 is 1.49 bits per heavy atom. The highest BCUT2D eigenvalue weighted by molar-refractivity contribution is 6.74. The van der Waals surface area contributed by atoms with Crippen molar-refractivity contribution in [3.05, 3.63) is 37.0 Å². The molecule has 41 heavy (non-hydrogen) atoms. The van der Waals surface area contributed by atoms with E-state index in [0.29, 0.717) is 6.42 Å². The SMILES string of the molecule is C=C[C@@]1(O[Si](C)(C)C(C)(C)C)C[C@@]1(C/C=C/CC(C/C=C/CC(N)C(=O)OCC)(C(=O)OC)C(=O)OC)C(=O)OC. The summed E-state index contributed by atoms with van der Waals surface area (Å²) >= 11 is 0. The Morgan fingerprint density at radius 1 is 0.951 bits per heavy atom. The maximum Gasteiger partial charge on any atom is 0.323 e. The first-order valence-corrected chi connectivity index (χ1v) is 16.7. The Labute approximate surface area is 245 Å². The second kappa shape index (κ2) is 14.4. The van der Waals surface area contributed by atoms with E-state index in [4.69, 9.17) is 29.1 Å². The molecule has 0 aromatic carbocycles. The number of rotatable bonds is 16. The fourth-order valence-corrected chi connectivity index (χ4v) is 6.12. The van der Waals surface area contributed by atoms with Gasteiger partial charge in [0.1, 0.15) is 11.5 Å². The molecule has 0 radical (unpaired) electrons. The number of allylic oxidation sites excluding steroid dienone is 3. The van der Waals surface area contributed by atoms with E-state index in [1.807, 2.05) is 0 Å². The lowest BCUT2D eigenvalue weighted by molar-refractivity contribution is -0.168. The van der Waals surface area contributed by atoms with Crippen LogP contribution in [0.1, 0.15) is 59.8 Å². The van der Waals surface area contributed by atoms with Crippen molar-refractivity contribution in [2.45, 2.75) is 89.6 Å². The highest BCUT2D eigenvalue weighted by Gasteiger charge is 2.73. The predicted octanol–water partition coefficient (Wildman–Crippen LogP) is 4.39. The Hall–Kier alpha value is -2.76. The van der Waals surface area contributed by atoms with E-state index in [1.165, 1.54) is 21.3 Å². The second-order valence-electron chi connectivity index (χ2n) is 11.9. The molecule has 0 aliphatic heterocycles. The topological polar surface area (TPSA) is 140 Å². The molecular weight excluding hydrogens is 546 g/mol. The smallest absolute Gasteiger partial charge is 0.323 e. The van der Waals surface area contributed by atoms with E-state index in [2.05, 4.69) is 40.4 Å². The van der Waals surface area contributed by atoms with Crippen molar-refractivity contribution in [2.24, 2.45) is 16.6 Å². The normalized spacial score (nSPS) is 21.8. The zero-order chi connectivity index (χ0) is 31.7. The lowest BCUT2D eigenvalue weighted by Gasteiger charge is -2.40. The molecule has 0 bridgehead atoms. The summed E-state index contributed by atoms with van der Waals surface area (Å²) in [4.78, 5) is 50.7. The average molecular weight is 596 g/mol. The minimum Gasteiger partial charge on any atom is -0.468 e. The number of hydrogen-bond acceptors (Lipinski definition) is 10. The van der Waals surface area contributed by atoms with Crippen molar-refractivity contribution in [1.82, 2.24) is 0 Å². The monoisotopic (exact) mass is 595 g/mol. The molecule has 0 spiro atoms. The highest BCUT2D eigenvalue weighted by Crippen LogP contribution is 2.65. The second-order valence-corrected chi connectivity index (χ2v) is 16.6. The number of carbonyl (C=O) groups excluding carboxylic acids is 4. The van der Waals surface area contributed by atoms with Crippen LogP contribution in [0, 0.1) is 10.8 Å². The molecule has 0 amide bonds. The van der Waals surface area contributed by atoms with Crippen LogP contribution in [0.25, 0.3) is 0 Å². The summed E-state index contributed by atoms with van der Waals surface area (Å²) in [7, 11) is 1.45. The van der Waals surface area contributed by atoms with Gasteiger partial charge in [0, 0.05) is 0 Å². The number of hydrogen-bond donors (Lipinski definition) is 1. The number of esters is 4. The van der Waals surface area contributed by atoms with Gasteiger partial charge in [-0.15, -0.1) is 6.58 Å². The van der Waals surface area contributed by atoms with Gasteiger partial charge >= 0.3 is 23.9 Å². The predicted molar refractivity (Wildman–Crippen MR) is 158 cm³/mol. The van der Waals surface area contributed by atoms with Crippen molar-refractivity contribution in [3.63, 3.8) is 0 Å². The molecule has 3 atom stereocenters. The van der Waals surface area contributed by atoms with E-state index in [1.54, 1.807) is 37.3 Å². The molecular formula is C30H49NO9Si. The quantitative estimate of drug-likeness (QED) is 0.0898. The lowest BCUT2D eigenvalue weighted by atomic mass is 9.80. The molecule has 1 rings (SSSR count). The molecule has 11 heteroatoms. The van der Waals surface area contributed by atoms with E-state index < -0.39 is 54.7 Å². The van der Waals surface area contributed by atoms with Crippen LogP contribution in [0.4, 0.5) is 0 Å². The van der Waals surface area contributed by atoms with Gasteiger partial charge in [-0.2, -0.15) is 0 Å². The third-order valence-electron chi connectivity index (χ3n) is 8.26. The summed E-state index contributed by atoms with van der Waals surface area (Å²) < 4.78 is 26.7. The Kier molecular flexibility index (Phi) is 12.8. The molecule has 0 aromatic rings. The van der Waals surface area contributed by atoms with Crippen LogP contribution in [0.3, 0.4) is 0 Å². The molecule has 1 saturated carbocycles. The fraction of sp³-hybridized carbons (Fsp3) is 0.667.